The Morgan fingerprint density at radius 1 is 0.897 bits per heavy atom. The second kappa shape index (κ2) is 7.80. The van der Waals surface area contributed by atoms with E-state index < -0.39 is 0 Å². The molecule has 0 saturated carbocycles. The van der Waals surface area contributed by atoms with Gasteiger partial charge in [0.15, 0.2) is 5.78 Å². The molecule has 5 nitrogen and oxygen atoms in total. The van der Waals surface area contributed by atoms with Crippen LogP contribution in [0.2, 0.25) is 0 Å². The van der Waals surface area contributed by atoms with Crippen molar-refractivity contribution in [3.8, 4) is 5.75 Å². The zero-order valence-electron chi connectivity index (χ0n) is 16.6. The minimum atomic E-state index is -0.0376. The third kappa shape index (κ3) is 3.72. The lowest BCUT2D eigenvalue weighted by molar-refractivity contribution is 0.0971. The van der Waals surface area contributed by atoms with E-state index in [0.29, 0.717) is 23.5 Å². The van der Waals surface area contributed by atoms with E-state index in [-0.39, 0.29) is 12.3 Å². The van der Waals surface area contributed by atoms with E-state index >= 15 is 0 Å². The fraction of sp³-hybridized carbons (Fsp3) is 0.167. The molecule has 4 rings (SSSR count). The summed E-state index contributed by atoms with van der Waals surface area (Å²) in [4.78, 5) is 12.9. The summed E-state index contributed by atoms with van der Waals surface area (Å²) >= 11 is 0. The van der Waals surface area contributed by atoms with Crippen LogP contribution < -0.4 is 10.4 Å². The summed E-state index contributed by atoms with van der Waals surface area (Å²) in [5.74, 6) is 0.675. The van der Waals surface area contributed by atoms with Crippen molar-refractivity contribution in [2.75, 3.05) is 7.11 Å². The van der Waals surface area contributed by atoms with Crippen molar-refractivity contribution in [3.63, 3.8) is 0 Å². The molecule has 0 spiro atoms. The number of imidazole rings is 1. The smallest absolute Gasteiger partial charge is 0.203 e. The number of Topliss-reactive ketones (excluding diaryl/α,β-unsaturated/α-hetero) is 1. The van der Waals surface area contributed by atoms with Crippen LogP contribution in [-0.4, -0.2) is 22.0 Å². The number of aryl methyl sites for hydroxylation is 1. The molecule has 5 heteroatoms. The van der Waals surface area contributed by atoms with Crippen molar-refractivity contribution in [1.82, 2.24) is 9.13 Å². The summed E-state index contributed by atoms with van der Waals surface area (Å²) < 4.78 is 8.88. The highest BCUT2D eigenvalue weighted by atomic mass is 16.5. The molecule has 0 atom stereocenters. The standard InChI is InChI=1S/C24H23N3O2/c1-17-7-9-18(10-8-17)15-26-21-5-3-4-6-22(21)27(24(26)25)16-23(28)19-11-13-20(29-2)14-12-19/h3-14,25H,15-16H2,1-2H3. The normalized spacial score (nSPS) is 11.0. The maximum absolute atomic E-state index is 12.9. The summed E-state index contributed by atoms with van der Waals surface area (Å²) in [6, 6.07) is 23.2. The van der Waals surface area contributed by atoms with Crippen molar-refractivity contribution >= 4 is 16.8 Å². The van der Waals surface area contributed by atoms with Gasteiger partial charge in [0.05, 0.1) is 31.2 Å². The van der Waals surface area contributed by atoms with Gasteiger partial charge in [0.2, 0.25) is 5.62 Å². The Bertz CT molecular complexity index is 1220. The van der Waals surface area contributed by atoms with Crippen LogP contribution in [0.5, 0.6) is 5.75 Å². The molecule has 29 heavy (non-hydrogen) atoms. The van der Waals surface area contributed by atoms with Gasteiger partial charge in [-0.2, -0.15) is 0 Å². The number of nitrogens with one attached hydrogen (secondary N) is 1. The molecule has 1 N–H and O–H groups in total. The van der Waals surface area contributed by atoms with Crippen LogP contribution in [0.4, 0.5) is 0 Å². The number of hydrogen-bond donors (Lipinski definition) is 1. The van der Waals surface area contributed by atoms with Gasteiger partial charge in [0.1, 0.15) is 5.75 Å². The van der Waals surface area contributed by atoms with Gasteiger partial charge in [-0.25, -0.2) is 0 Å². The minimum absolute atomic E-state index is 0.0376. The second-order valence-corrected chi connectivity index (χ2v) is 7.12. The van der Waals surface area contributed by atoms with Crippen molar-refractivity contribution in [1.29, 1.82) is 5.41 Å². The molecule has 0 aliphatic heterocycles. The summed E-state index contributed by atoms with van der Waals surface area (Å²) in [7, 11) is 1.60. The molecular formula is C24H23N3O2. The molecule has 146 valence electrons. The lowest BCUT2D eigenvalue weighted by Gasteiger charge is -2.06. The Hall–Kier alpha value is -3.60. The average molecular weight is 385 g/mol. The van der Waals surface area contributed by atoms with Gasteiger partial charge in [0.25, 0.3) is 0 Å². The van der Waals surface area contributed by atoms with E-state index in [1.165, 1.54) is 5.56 Å². The molecule has 0 fully saturated rings. The molecule has 0 radical (unpaired) electrons. The molecule has 0 aliphatic carbocycles. The van der Waals surface area contributed by atoms with Crippen LogP contribution in [0.3, 0.4) is 0 Å². The molecule has 0 bridgehead atoms. The predicted octanol–water partition coefficient (Wildman–Crippen LogP) is 4.17. The van der Waals surface area contributed by atoms with Crippen LogP contribution in [0.25, 0.3) is 11.0 Å². The van der Waals surface area contributed by atoms with E-state index in [0.717, 1.165) is 16.6 Å². The first-order valence-corrected chi connectivity index (χ1v) is 9.52. The lowest BCUT2D eigenvalue weighted by atomic mass is 10.1. The number of methoxy groups -OCH3 is 1. The number of carbonyl (C=O) groups is 1. The number of rotatable bonds is 6. The predicted molar refractivity (Wildman–Crippen MR) is 113 cm³/mol. The van der Waals surface area contributed by atoms with E-state index in [4.69, 9.17) is 10.1 Å². The average Bonchev–Trinajstić information content (AvgIpc) is 3.01. The number of ether oxygens (including phenoxy) is 1. The first kappa shape index (κ1) is 18.7. The number of carbonyl (C=O) groups excluding carboxylic acids is 1. The van der Waals surface area contributed by atoms with Crippen LogP contribution in [0.15, 0.2) is 72.8 Å². The van der Waals surface area contributed by atoms with Gasteiger partial charge < -0.3 is 13.9 Å². The lowest BCUT2D eigenvalue weighted by Crippen LogP contribution is -2.27. The molecule has 0 saturated heterocycles. The number of para-hydroxylation sites is 2. The summed E-state index contributed by atoms with van der Waals surface area (Å²) in [5, 5.41) is 8.74. The maximum Gasteiger partial charge on any atom is 0.203 e. The Kier molecular flexibility index (Phi) is 5.04. The first-order valence-electron chi connectivity index (χ1n) is 9.52. The first-order chi connectivity index (χ1) is 14.1. The number of hydrogen-bond acceptors (Lipinski definition) is 3. The number of nitrogens with zero attached hydrogens (tertiary/aromatic N) is 2. The highest BCUT2D eigenvalue weighted by Gasteiger charge is 2.15. The number of benzene rings is 3. The summed E-state index contributed by atoms with van der Waals surface area (Å²) in [6.45, 7) is 2.76. The molecule has 0 amide bonds. The monoisotopic (exact) mass is 385 g/mol. The van der Waals surface area contributed by atoms with Crippen molar-refractivity contribution < 1.29 is 9.53 Å². The largest absolute Gasteiger partial charge is 0.497 e. The Morgan fingerprint density at radius 2 is 1.52 bits per heavy atom. The van der Waals surface area contributed by atoms with Crippen LogP contribution >= 0.6 is 0 Å². The SMILES string of the molecule is COc1ccc(C(=O)Cn2c(=N)n(Cc3ccc(C)cc3)c3ccccc32)cc1. The van der Waals surface area contributed by atoms with Crippen molar-refractivity contribution in [2.24, 2.45) is 0 Å². The van der Waals surface area contributed by atoms with Crippen LogP contribution in [-0.2, 0) is 13.1 Å². The van der Waals surface area contributed by atoms with Gasteiger partial charge in [-0.3, -0.25) is 10.2 Å². The van der Waals surface area contributed by atoms with Gasteiger partial charge in [-0.1, -0.05) is 42.0 Å². The zero-order valence-corrected chi connectivity index (χ0v) is 16.6. The fourth-order valence-corrected chi connectivity index (χ4v) is 3.50. The van der Waals surface area contributed by atoms with Crippen LogP contribution in [0, 0.1) is 12.3 Å². The Labute approximate surface area is 169 Å². The third-order valence-corrected chi connectivity index (χ3v) is 5.15. The molecule has 3 aromatic carbocycles. The van der Waals surface area contributed by atoms with E-state index in [1.54, 1.807) is 35.9 Å². The molecule has 1 aromatic heterocycles. The second-order valence-electron chi connectivity index (χ2n) is 7.12. The zero-order chi connectivity index (χ0) is 20.4. The van der Waals surface area contributed by atoms with E-state index in [9.17, 15) is 4.79 Å². The number of ketones is 1. The van der Waals surface area contributed by atoms with Crippen LogP contribution in [0.1, 0.15) is 21.5 Å². The maximum atomic E-state index is 12.9. The van der Waals surface area contributed by atoms with Gasteiger partial charge in [-0.15, -0.1) is 0 Å². The molecule has 1 heterocycles. The fourth-order valence-electron chi connectivity index (χ4n) is 3.50. The van der Waals surface area contributed by atoms with Gasteiger partial charge in [0, 0.05) is 5.56 Å². The quantitative estimate of drug-likeness (QED) is 0.507. The number of fused-ring (bicyclic) bond motifs is 1. The molecule has 0 aliphatic rings. The van der Waals surface area contributed by atoms with Crippen molar-refractivity contribution in [2.45, 2.75) is 20.0 Å². The summed E-state index contributed by atoms with van der Waals surface area (Å²) in [6.07, 6.45) is 0. The highest BCUT2D eigenvalue weighted by molar-refractivity contribution is 5.96. The van der Waals surface area contributed by atoms with Gasteiger partial charge >= 0.3 is 0 Å². The minimum Gasteiger partial charge on any atom is -0.497 e. The third-order valence-electron chi connectivity index (χ3n) is 5.15. The van der Waals surface area contributed by atoms with Crippen molar-refractivity contribution in [3.05, 3.63) is 95.1 Å². The molecule has 0 unspecified atom stereocenters. The number of aromatic nitrogens is 2. The topological polar surface area (TPSA) is 60.0 Å². The Balaban J connectivity index is 1.70. The highest BCUT2D eigenvalue weighted by Crippen LogP contribution is 2.17. The van der Waals surface area contributed by atoms with E-state index in [2.05, 4.69) is 31.2 Å². The molecular weight excluding hydrogens is 362 g/mol. The summed E-state index contributed by atoms with van der Waals surface area (Å²) in [5.41, 5.74) is 5.07. The van der Waals surface area contributed by atoms with Gasteiger partial charge in [-0.05, 0) is 48.9 Å². The molecule has 4 aromatic rings. The van der Waals surface area contributed by atoms with E-state index in [1.807, 2.05) is 28.8 Å². The Morgan fingerprint density at radius 3 is 2.14 bits per heavy atom.